The maximum atomic E-state index is 13.9. The van der Waals surface area contributed by atoms with Gasteiger partial charge in [-0.1, -0.05) is 15.9 Å². The second-order valence-electron chi connectivity index (χ2n) is 4.05. The Labute approximate surface area is 132 Å². The van der Waals surface area contributed by atoms with Gasteiger partial charge in [0.2, 0.25) is 0 Å². The van der Waals surface area contributed by atoms with E-state index in [-0.39, 0.29) is 6.04 Å². The highest BCUT2D eigenvalue weighted by Gasteiger charge is 2.19. The third-order valence-corrected chi connectivity index (χ3v) is 4.30. The van der Waals surface area contributed by atoms with Crippen LogP contribution in [-0.4, -0.2) is 7.05 Å². The summed E-state index contributed by atoms with van der Waals surface area (Å²) < 4.78 is 29.1. The highest BCUT2D eigenvalue weighted by atomic mass is 127. The molecule has 0 spiro atoms. The van der Waals surface area contributed by atoms with E-state index < -0.39 is 11.6 Å². The zero-order valence-electron chi connectivity index (χ0n) is 10.1. The molecule has 1 nitrogen and oxygen atoms in total. The van der Waals surface area contributed by atoms with E-state index >= 15 is 0 Å². The predicted molar refractivity (Wildman–Crippen MR) is 84.1 cm³/mol. The summed E-state index contributed by atoms with van der Waals surface area (Å²) in [6.07, 6.45) is 0. The molecular weight excluding hydrogens is 427 g/mol. The van der Waals surface area contributed by atoms with Gasteiger partial charge in [-0.05, 0) is 71.6 Å². The molecule has 0 aromatic heterocycles. The summed E-state index contributed by atoms with van der Waals surface area (Å²) in [6.45, 7) is 0. The number of nitrogens with one attached hydrogen (secondary N) is 1. The lowest BCUT2D eigenvalue weighted by Gasteiger charge is -2.19. The van der Waals surface area contributed by atoms with Crippen molar-refractivity contribution in [2.45, 2.75) is 6.04 Å². The van der Waals surface area contributed by atoms with Gasteiger partial charge in [0.15, 0.2) is 0 Å². The topological polar surface area (TPSA) is 12.0 Å². The maximum Gasteiger partial charge on any atom is 0.128 e. The van der Waals surface area contributed by atoms with Crippen molar-refractivity contribution < 1.29 is 8.78 Å². The van der Waals surface area contributed by atoms with Gasteiger partial charge in [0, 0.05) is 13.6 Å². The van der Waals surface area contributed by atoms with Gasteiger partial charge in [0.05, 0.1) is 6.04 Å². The molecule has 2 rings (SSSR count). The van der Waals surface area contributed by atoms with Crippen LogP contribution in [0.2, 0.25) is 0 Å². The molecule has 5 heteroatoms. The minimum Gasteiger partial charge on any atom is -0.309 e. The van der Waals surface area contributed by atoms with Crippen molar-refractivity contribution in [1.29, 1.82) is 0 Å². The Morgan fingerprint density at radius 2 is 1.84 bits per heavy atom. The number of benzene rings is 2. The number of hydrogen-bond acceptors (Lipinski definition) is 1. The van der Waals surface area contributed by atoms with Crippen LogP contribution in [-0.2, 0) is 0 Å². The van der Waals surface area contributed by atoms with Gasteiger partial charge in [-0.15, -0.1) is 0 Å². The fourth-order valence-corrected chi connectivity index (χ4v) is 2.98. The van der Waals surface area contributed by atoms with Crippen LogP contribution in [0.5, 0.6) is 0 Å². The van der Waals surface area contributed by atoms with Gasteiger partial charge in [0.1, 0.15) is 11.6 Å². The molecule has 1 atom stereocenters. The normalized spacial score (nSPS) is 12.5. The summed E-state index contributed by atoms with van der Waals surface area (Å²) in [5, 5.41) is 3.04. The number of halogens is 4. The smallest absolute Gasteiger partial charge is 0.128 e. The molecule has 0 amide bonds. The quantitative estimate of drug-likeness (QED) is 0.689. The van der Waals surface area contributed by atoms with Crippen molar-refractivity contribution >= 4 is 38.5 Å². The highest BCUT2D eigenvalue weighted by molar-refractivity contribution is 14.1. The zero-order valence-corrected chi connectivity index (χ0v) is 13.8. The van der Waals surface area contributed by atoms with Crippen LogP contribution in [0.15, 0.2) is 40.9 Å². The molecule has 0 aliphatic rings. The second-order valence-corrected chi connectivity index (χ2v) is 6.13. The molecule has 0 heterocycles. The first-order valence-electron chi connectivity index (χ1n) is 5.60. The fraction of sp³-hybridized carbons (Fsp3) is 0.143. The minimum absolute atomic E-state index is 0.304. The first-order valence-corrected chi connectivity index (χ1v) is 7.47. The molecule has 0 saturated carbocycles. The third-order valence-electron chi connectivity index (χ3n) is 2.83. The predicted octanol–water partition coefficient (Wildman–Crippen LogP) is 4.64. The van der Waals surface area contributed by atoms with Gasteiger partial charge >= 0.3 is 0 Å². The Morgan fingerprint density at radius 1 is 1.11 bits per heavy atom. The lowest BCUT2D eigenvalue weighted by atomic mass is 9.98. The van der Waals surface area contributed by atoms with E-state index in [1.165, 1.54) is 6.07 Å². The Bertz CT molecular complexity index is 552. The van der Waals surface area contributed by atoms with Gasteiger partial charge in [-0.2, -0.15) is 0 Å². The first-order chi connectivity index (χ1) is 9.02. The lowest BCUT2D eigenvalue weighted by molar-refractivity contribution is 0.557. The van der Waals surface area contributed by atoms with Gasteiger partial charge < -0.3 is 5.32 Å². The van der Waals surface area contributed by atoms with Crippen LogP contribution in [0.3, 0.4) is 0 Å². The fourth-order valence-electron chi connectivity index (χ4n) is 1.95. The molecule has 100 valence electrons. The summed E-state index contributed by atoms with van der Waals surface area (Å²) in [4.78, 5) is 0. The summed E-state index contributed by atoms with van der Waals surface area (Å²) >= 11 is 5.59. The molecular formula is C14H11BrF2IN. The van der Waals surface area contributed by atoms with Crippen molar-refractivity contribution in [3.8, 4) is 0 Å². The monoisotopic (exact) mass is 437 g/mol. The van der Waals surface area contributed by atoms with E-state index in [0.29, 0.717) is 5.56 Å². The Morgan fingerprint density at radius 3 is 2.53 bits per heavy atom. The summed E-state index contributed by atoms with van der Waals surface area (Å²) in [5.41, 5.74) is 1.21. The average Bonchev–Trinajstić information content (AvgIpc) is 2.38. The summed E-state index contributed by atoms with van der Waals surface area (Å²) in [5.74, 6) is -0.863. The third kappa shape index (κ3) is 3.32. The maximum absolute atomic E-state index is 13.9. The van der Waals surface area contributed by atoms with E-state index in [0.717, 1.165) is 25.7 Å². The largest absolute Gasteiger partial charge is 0.309 e. The van der Waals surface area contributed by atoms with Crippen LogP contribution >= 0.6 is 38.5 Å². The first kappa shape index (κ1) is 14.9. The molecule has 1 unspecified atom stereocenters. The molecule has 0 bridgehead atoms. The molecule has 0 aliphatic carbocycles. The number of rotatable bonds is 3. The van der Waals surface area contributed by atoms with E-state index in [1.54, 1.807) is 7.05 Å². The second kappa shape index (κ2) is 6.28. The van der Waals surface area contributed by atoms with Crippen LogP contribution < -0.4 is 5.32 Å². The molecule has 0 radical (unpaired) electrons. The summed E-state index contributed by atoms with van der Waals surface area (Å²) in [7, 11) is 1.73. The van der Waals surface area contributed by atoms with Crippen LogP contribution in [0.25, 0.3) is 0 Å². The van der Waals surface area contributed by atoms with Crippen molar-refractivity contribution in [3.63, 3.8) is 0 Å². The van der Waals surface area contributed by atoms with E-state index in [1.807, 2.05) is 18.2 Å². The average molecular weight is 438 g/mol. The van der Waals surface area contributed by atoms with Crippen molar-refractivity contribution in [1.82, 2.24) is 5.32 Å². The van der Waals surface area contributed by atoms with Gasteiger partial charge in [-0.3, -0.25) is 0 Å². The molecule has 0 saturated heterocycles. The Kier molecular flexibility index (Phi) is 4.92. The van der Waals surface area contributed by atoms with Gasteiger partial charge in [0.25, 0.3) is 0 Å². The van der Waals surface area contributed by atoms with E-state index in [2.05, 4.69) is 43.8 Å². The molecule has 2 aromatic carbocycles. The minimum atomic E-state index is -0.443. The lowest BCUT2D eigenvalue weighted by Crippen LogP contribution is -2.20. The summed E-state index contributed by atoms with van der Waals surface area (Å²) in [6, 6.07) is 8.87. The van der Waals surface area contributed by atoms with Crippen LogP contribution in [0.1, 0.15) is 17.2 Å². The van der Waals surface area contributed by atoms with E-state index in [9.17, 15) is 8.78 Å². The standard InChI is InChI=1S/C14H11BrF2IN/c1-19-14(10-7-9(16)3-4-12(10)17)11-6-8(15)2-5-13(11)18/h2-7,14,19H,1H3. The Balaban J connectivity index is 2.55. The molecule has 0 aliphatic heterocycles. The van der Waals surface area contributed by atoms with Crippen LogP contribution in [0, 0.1) is 15.2 Å². The molecule has 0 fully saturated rings. The van der Waals surface area contributed by atoms with E-state index in [4.69, 9.17) is 0 Å². The molecule has 2 aromatic rings. The molecule has 19 heavy (non-hydrogen) atoms. The highest BCUT2D eigenvalue weighted by Crippen LogP contribution is 2.30. The van der Waals surface area contributed by atoms with Gasteiger partial charge in [-0.25, -0.2) is 8.78 Å². The SMILES string of the molecule is CNC(c1cc(F)ccc1F)c1cc(Br)ccc1I. The molecule has 1 N–H and O–H groups in total. The van der Waals surface area contributed by atoms with Crippen molar-refractivity contribution in [2.75, 3.05) is 7.05 Å². The van der Waals surface area contributed by atoms with Crippen molar-refractivity contribution in [2.24, 2.45) is 0 Å². The zero-order chi connectivity index (χ0) is 14.0. The van der Waals surface area contributed by atoms with Crippen molar-refractivity contribution in [3.05, 3.63) is 67.2 Å². The number of hydrogen-bond donors (Lipinski definition) is 1. The van der Waals surface area contributed by atoms with Crippen LogP contribution in [0.4, 0.5) is 8.78 Å². The Hall–Kier alpha value is -0.530.